The van der Waals surface area contributed by atoms with Gasteiger partial charge in [-0.15, -0.1) is 0 Å². The maximum atomic E-state index is 11.8. The van der Waals surface area contributed by atoms with Crippen LogP contribution in [0.5, 0.6) is 5.75 Å². The molecule has 3 aromatic rings. The predicted molar refractivity (Wildman–Crippen MR) is 117 cm³/mol. The van der Waals surface area contributed by atoms with Gasteiger partial charge in [-0.2, -0.15) is 5.10 Å². The van der Waals surface area contributed by atoms with Gasteiger partial charge in [0.1, 0.15) is 12.4 Å². The zero-order valence-electron chi connectivity index (χ0n) is 17.4. The van der Waals surface area contributed by atoms with Crippen molar-refractivity contribution in [3.8, 4) is 5.75 Å². The van der Waals surface area contributed by atoms with Crippen LogP contribution in [0.3, 0.4) is 0 Å². The highest BCUT2D eigenvalue weighted by molar-refractivity contribution is 5.67. The van der Waals surface area contributed by atoms with E-state index in [9.17, 15) is 4.79 Å². The number of morpholine rings is 1. The van der Waals surface area contributed by atoms with Gasteiger partial charge < -0.3 is 14.8 Å². The van der Waals surface area contributed by atoms with Crippen LogP contribution in [0.15, 0.2) is 41.3 Å². The van der Waals surface area contributed by atoms with Crippen molar-refractivity contribution in [2.24, 2.45) is 0 Å². The summed E-state index contributed by atoms with van der Waals surface area (Å²) in [6.45, 7) is 7.98. The average molecular weight is 412 g/mol. The number of fused-ring (bicyclic) bond motifs is 1. The normalized spacial score (nSPS) is 14.8. The number of rotatable bonds is 9. The molecule has 160 valence electrons. The Hall–Kier alpha value is -2.84. The van der Waals surface area contributed by atoms with E-state index in [0.717, 1.165) is 69.2 Å². The second-order valence-corrected chi connectivity index (χ2v) is 7.63. The number of benzene rings is 1. The van der Waals surface area contributed by atoms with Crippen LogP contribution in [0.1, 0.15) is 17.5 Å². The fourth-order valence-corrected chi connectivity index (χ4v) is 3.70. The highest BCUT2D eigenvalue weighted by Crippen LogP contribution is 2.17. The van der Waals surface area contributed by atoms with Crippen molar-refractivity contribution in [2.45, 2.75) is 19.8 Å². The number of aromatic amines is 1. The molecule has 0 saturated carbocycles. The number of aryl methyl sites for hydroxylation is 2. The lowest BCUT2D eigenvalue weighted by Gasteiger charge is -2.26. The molecule has 0 unspecified atom stereocenters. The highest BCUT2D eigenvalue weighted by Gasteiger charge is 2.10. The van der Waals surface area contributed by atoms with E-state index in [1.54, 1.807) is 6.20 Å². The molecule has 1 aromatic carbocycles. The standard InChI is InChI=1S/C22H29N5O3/c1-17-14-20(21-24-25-22(28)27(21)16-17)23-7-3-5-18-4-2-6-19(15-18)30-13-10-26-8-11-29-12-9-26/h2,4,6,14-16,23H,3,5,7-13H2,1H3,(H,25,28). The Morgan fingerprint density at radius 3 is 3.00 bits per heavy atom. The number of aromatic nitrogens is 3. The minimum Gasteiger partial charge on any atom is -0.492 e. The van der Waals surface area contributed by atoms with Gasteiger partial charge >= 0.3 is 5.69 Å². The highest BCUT2D eigenvalue weighted by atomic mass is 16.5. The second kappa shape index (κ2) is 9.77. The Morgan fingerprint density at radius 2 is 2.13 bits per heavy atom. The first-order valence-corrected chi connectivity index (χ1v) is 10.5. The first kappa shape index (κ1) is 20.4. The van der Waals surface area contributed by atoms with Crippen LogP contribution in [0.4, 0.5) is 5.69 Å². The number of H-pyrrole nitrogens is 1. The lowest BCUT2D eigenvalue weighted by molar-refractivity contribution is 0.0322. The topological polar surface area (TPSA) is 83.9 Å². The molecular formula is C22H29N5O3. The van der Waals surface area contributed by atoms with Gasteiger partial charge in [0.05, 0.1) is 18.9 Å². The zero-order chi connectivity index (χ0) is 20.8. The fourth-order valence-electron chi connectivity index (χ4n) is 3.70. The summed E-state index contributed by atoms with van der Waals surface area (Å²) >= 11 is 0. The van der Waals surface area contributed by atoms with E-state index in [0.29, 0.717) is 12.3 Å². The molecule has 0 bridgehead atoms. The number of ether oxygens (including phenoxy) is 2. The Kier molecular flexibility index (Phi) is 6.66. The Bertz CT molecular complexity index is 1020. The van der Waals surface area contributed by atoms with Gasteiger partial charge in [-0.25, -0.2) is 14.3 Å². The molecule has 1 aliphatic rings. The number of anilines is 1. The minimum atomic E-state index is -0.220. The van der Waals surface area contributed by atoms with E-state index >= 15 is 0 Å². The van der Waals surface area contributed by atoms with Crippen molar-refractivity contribution in [3.05, 3.63) is 58.1 Å². The molecule has 2 N–H and O–H groups in total. The summed E-state index contributed by atoms with van der Waals surface area (Å²) < 4.78 is 12.9. The molecule has 0 amide bonds. The van der Waals surface area contributed by atoms with Crippen molar-refractivity contribution in [2.75, 3.05) is 51.3 Å². The number of hydrogen-bond acceptors (Lipinski definition) is 6. The molecule has 1 saturated heterocycles. The third-order valence-electron chi connectivity index (χ3n) is 5.29. The molecule has 1 aliphatic heterocycles. The number of hydrogen-bond donors (Lipinski definition) is 2. The molecule has 8 nitrogen and oxygen atoms in total. The van der Waals surface area contributed by atoms with E-state index < -0.39 is 0 Å². The Morgan fingerprint density at radius 1 is 1.27 bits per heavy atom. The van der Waals surface area contributed by atoms with Gasteiger partial charge in [-0.3, -0.25) is 4.90 Å². The summed E-state index contributed by atoms with van der Waals surface area (Å²) in [7, 11) is 0. The van der Waals surface area contributed by atoms with Gasteiger partial charge in [0.15, 0.2) is 5.65 Å². The summed E-state index contributed by atoms with van der Waals surface area (Å²) in [6.07, 6.45) is 3.70. The average Bonchev–Trinajstić information content (AvgIpc) is 3.13. The van der Waals surface area contributed by atoms with Crippen LogP contribution in [0.2, 0.25) is 0 Å². The van der Waals surface area contributed by atoms with Crippen LogP contribution in [-0.2, 0) is 11.2 Å². The number of nitrogens with one attached hydrogen (secondary N) is 2. The van der Waals surface area contributed by atoms with Gasteiger partial charge in [-0.05, 0) is 49.1 Å². The molecule has 8 heteroatoms. The lowest BCUT2D eigenvalue weighted by Crippen LogP contribution is -2.38. The molecular weight excluding hydrogens is 382 g/mol. The van der Waals surface area contributed by atoms with Crippen molar-refractivity contribution >= 4 is 11.3 Å². The van der Waals surface area contributed by atoms with Gasteiger partial charge in [0, 0.05) is 32.4 Å². The maximum Gasteiger partial charge on any atom is 0.347 e. The second-order valence-electron chi connectivity index (χ2n) is 7.63. The molecule has 0 atom stereocenters. The number of nitrogens with zero attached hydrogens (tertiary/aromatic N) is 3. The lowest BCUT2D eigenvalue weighted by atomic mass is 10.1. The smallest absolute Gasteiger partial charge is 0.347 e. The molecule has 30 heavy (non-hydrogen) atoms. The maximum absolute atomic E-state index is 11.8. The monoisotopic (exact) mass is 411 g/mol. The largest absolute Gasteiger partial charge is 0.492 e. The van der Waals surface area contributed by atoms with Crippen LogP contribution in [0, 0.1) is 6.92 Å². The summed E-state index contributed by atoms with van der Waals surface area (Å²) in [5, 5.41) is 10.0. The van der Waals surface area contributed by atoms with Crippen LogP contribution < -0.4 is 15.7 Å². The van der Waals surface area contributed by atoms with Crippen molar-refractivity contribution in [3.63, 3.8) is 0 Å². The summed E-state index contributed by atoms with van der Waals surface area (Å²) in [5.41, 5.74) is 3.54. The van der Waals surface area contributed by atoms with Crippen LogP contribution >= 0.6 is 0 Å². The van der Waals surface area contributed by atoms with E-state index in [2.05, 4.69) is 32.5 Å². The Balaban J connectivity index is 1.24. The zero-order valence-corrected chi connectivity index (χ0v) is 17.4. The van der Waals surface area contributed by atoms with Gasteiger partial charge in [0.2, 0.25) is 0 Å². The molecule has 0 aliphatic carbocycles. The molecule has 0 spiro atoms. The molecule has 0 radical (unpaired) electrons. The van der Waals surface area contributed by atoms with E-state index in [4.69, 9.17) is 9.47 Å². The minimum absolute atomic E-state index is 0.220. The molecule has 3 heterocycles. The summed E-state index contributed by atoms with van der Waals surface area (Å²) in [5.74, 6) is 0.921. The van der Waals surface area contributed by atoms with E-state index in [1.807, 2.05) is 25.1 Å². The van der Waals surface area contributed by atoms with E-state index in [1.165, 1.54) is 9.96 Å². The molecule has 4 rings (SSSR count). The molecule has 2 aromatic heterocycles. The number of pyridine rings is 1. The van der Waals surface area contributed by atoms with Gasteiger partial charge in [0.25, 0.3) is 0 Å². The third kappa shape index (κ3) is 5.20. The first-order chi connectivity index (χ1) is 14.7. The SMILES string of the molecule is Cc1cc(NCCCc2cccc(OCCN3CCOCC3)c2)c2n[nH]c(=O)n2c1. The van der Waals surface area contributed by atoms with Gasteiger partial charge in [-0.1, -0.05) is 12.1 Å². The fraction of sp³-hybridized carbons (Fsp3) is 0.455. The van der Waals surface area contributed by atoms with Crippen molar-refractivity contribution < 1.29 is 9.47 Å². The van der Waals surface area contributed by atoms with Crippen LogP contribution in [-0.4, -0.2) is 65.5 Å². The predicted octanol–water partition coefficient (Wildman–Crippen LogP) is 2.09. The quantitative estimate of drug-likeness (QED) is 0.525. The summed E-state index contributed by atoms with van der Waals surface area (Å²) in [6, 6.07) is 10.3. The first-order valence-electron chi connectivity index (χ1n) is 10.5. The van der Waals surface area contributed by atoms with Crippen molar-refractivity contribution in [1.82, 2.24) is 19.5 Å². The van der Waals surface area contributed by atoms with E-state index in [-0.39, 0.29) is 5.69 Å². The van der Waals surface area contributed by atoms with Crippen molar-refractivity contribution in [1.29, 1.82) is 0 Å². The molecule has 1 fully saturated rings. The Labute approximate surface area is 175 Å². The third-order valence-corrected chi connectivity index (χ3v) is 5.29. The van der Waals surface area contributed by atoms with Crippen LogP contribution in [0.25, 0.3) is 5.65 Å². The summed E-state index contributed by atoms with van der Waals surface area (Å²) in [4.78, 5) is 14.2.